The molecule has 2 unspecified atom stereocenters. The molecule has 8 aromatic rings. The summed E-state index contributed by atoms with van der Waals surface area (Å²) in [4.78, 5) is 35.3. The predicted octanol–water partition coefficient (Wildman–Crippen LogP) is 16.1. The van der Waals surface area contributed by atoms with Crippen LogP contribution in [0, 0.1) is 17.8 Å². The van der Waals surface area contributed by atoms with E-state index in [1.807, 2.05) is 56.3 Å². The normalized spacial score (nSPS) is 15.5. The molecule has 83 heavy (non-hydrogen) atoms. The fourth-order valence-electron chi connectivity index (χ4n) is 9.82. The number of aliphatic carboxylic acids is 3. The molecule has 13 nitrogen and oxygen atoms in total. The van der Waals surface area contributed by atoms with Gasteiger partial charge in [0.15, 0.2) is 13.2 Å². The Hall–Kier alpha value is -7.36. The summed E-state index contributed by atoms with van der Waals surface area (Å²) in [5, 5.41) is 29.6. The van der Waals surface area contributed by atoms with Crippen LogP contribution < -0.4 is 14.2 Å². The smallest absolute Gasteiger partial charge is 0.422 e. The molecule has 3 saturated carbocycles. The minimum atomic E-state index is -4.51. The zero-order chi connectivity index (χ0) is 59.2. The molecule has 0 saturated heterocycles. The van der Waals surface area contributed by atoms with Crippen molar-refractivity contribution in [1.29, 1.82) is 0 Å². The first-order valence-electron chi connectivity index (χ1n) is 26.9. The van der Waals surface area contributed by atoms with Gasteiger partial charge in [-0.1, -0.05) is 99.3 Å². The number of hydrogen-bond donors (Lipinski definition) is 3. The number of carboxylic acids is 3. The van der Waals surface area contributed by atoms with Crippen LogP contribution >= 0.6 is 35.1 Å². The Kier molecular flexibility index (Phi) is 18.6. The molecule has 0 aliphatic heterocycles. The Morgan fingerprint density at radius 3 is 1.52 bits per heavy atom. The van der Waals surface area contributed by atoms with Crippen molar-refractivity contribution in [3.63, 3.8) is 0 Å². The molecule has 3 N–H and O–H groups in total. The fraction of sp³-hybridized carbons (Fsp3) is 0.361. The Morgan fingerprint density at radius 2 is 1.07 bits per heavy atom. The van der Waals surface area contributed by atoms with Gasteiger partial charge in [-0.2, -0.15) is 43.8 Å². The molecule has 3 aliphatic carbocycles. The highest BCUT2D eigenvalue weighted by Crippen LogP contribution is 2.47. The van der Waals surface area contributed by atoms with Gasteiger partial charge in [-0.05, 0) is 150 Å². The third kappa shape index (κ3) is 15.6. The highest BCUT2D eigenvalue weighted by atomic mass is 35.5. The molecule has 2 aromatic heterocycles. The van der Waals surface area contributed by atoms with Gasteiger partial charge in [0, 0.05) is 21.7 Å². The largest absolute Gasteiger partial charge is 0.493 e. The second kappa shape index (κ2) is 25.6. The maximum Gasteiger partial charge on any atom is 0.422 e. The number of fused-ring (bicyclic) bond motifs is 2. The van der Waals surface area contributed by atoms with Gasteiger partial charge in [0.1, 0.15) is 39.3 Å². The number of halogens is 7. The summed E-state index contributed by atoms with van der Waals surface area (Å²) in [5.41, 5.74) is 7.70. The number of rotatable bonds is 20. The molecule has 22 heteroatoms. The molecule has 0 spiro atoms. The lowest BCUT2D eigenvalue weighted by Crippen LogP contribution is -2.42. The van der Waals surface area contributed by atoms with Crippen molar-refractivity contribution in [3.8, 4) is 50.6 Å². The molecular weight excluding hydrogens is 1150 g/mol. The van der Waals surface area contributed by atoms with E-state index in [1.54, 1.807) is 60.7 Å². The summed E-state index contributed by atoms with van der Waals surface area (Å²) in [7, 11) is 0. The third-order valence-electron chi connectivity index (χ3n) is 14.8. The molecule has 11 rings (SSSR count). The van der Waals surface area contributed by atoms with E-state index in [0.29, 0.717) is 98.0 Å². The number of hydrogen-bond acceptors (Lipinski definition) is 12. The van der Waals surface area contributed by atoms with Crippen molar-refractivity contribution in [2.45, 2.75) is 101 Å². The minimum Gasteiger partial charge on any atom is -0.493 e. The molecule has 2 heterocycles. The summed E-state index contributed by atoms with van der Waals surface area (Å²) >= 11 is 8.11. The first-order chi connectivity index (χ1) is 39.5. The van der Waals surface area contributed by atoms with Crippen molar-refractivity contribution in [2.24, 2.45) is 17.8 Å². The van der Waals surface area contributed by atoms with Crippen LogP contribution in [0.1, 0.15) is 100 Å². The molecule has 6 aromatic carbocycles. The first kappa shape index (κ1) is 60.2. The molecule has 2 atom stereocenters. The SMILES string of the molecule is CC(C)CC(C(=O)O)c1ccc(-c2ccc3nsnc3c2)c(OCC(F)(F)F)c1.O=C(O)C(CC1CC1)c1ccc(-c2ccc3nsnc3c2)c(OCC(F)(F)F)c1.O=C(O)C1(c2ccc(OCC3CC3)c(-c3ccc(Cl)cc3)c2)CCC1. The van der Waals surface area contributed by atoms with E-state index in [4.69, 9.17) is 25.8 Å². The molecule has 3 aliphatic rings. The Labute approximate surface area is 486 Å². The number of carbonyl (C=O) groups is 3. The summed E-state index contributed by atoms with van der Waals surface area (Å²) in [6.07, 6.45) is -1.38. The summed E-state index contributed by atoms with van der Waals surface area (Å²) in [5.74, 6) is -2.41. The number of alkyl halides is 6. The van der Waals surface area contributed by atoms with Crippen LogP contribution in [0.3, 0.4) is 0 Å². The lowest BCUT2D eigenvalue weighted by molar-refractivity contribution is -0.154. The van der Waals surface area contributed by atoms with Crippen molar-refractivity contribution < 1.29 is 70.3 Å². The zero-order valence-corrected chi connectivity index (χ0v) is 47.3. The van der Waals surface area contributed by atoms with E-state index in [0.717, 1.165) is 71.8 Å². The highest BCUT2D eigenvalue weighted by Gasteiger charge is 2.46. The van der Waals surface area contributed by atoms with Crippen molar-refractivity contribution in [3.05, 3.63) is 137 Å². The van der Waals surface area contributed by atoms with E-state index >= 15 is 0 Å². The van der Waals surface area contributed by atoms with Crippen molar-refractivity contribution >= 4 is 75.0 Å². The monoisotopic (exact) mass is 1200 g/mol. The third-order valence-corrected chi connectivity index (χ3v) is 16.1. The number of ether oxygens (including phenoxy) is 3. The minimum absolute atomic E-state index is 0.00408. The van der Waals surface area contributed by atoms with Crippen molar-refractivity contribution in [1.82, 2.24) is 17.5 Å². The number of aromatic nitrogens is 4. The lowest BCUT2D eigenvalue weighted by atomic mass is 9.64. The quantitative estimate of drug-likeness (QED) is 0.0612. The topological polar surface area (TPSA) is 191 Å². The van der Waals surface area contributed by atoms with Gasteiger partial charge >= 0.3 is 30.3 Å². The van der Waals surface area contributed by atoms with Gasteiger partial charge in [-0.15, -0.1) is 0 Å². The van der Waals surface area contributed by atoms with E-state index in [9.17, 15) is 56.0 Å². The average Bonchev–Trinajstić information content (AvgIpc) is 3.67. The van der Waals surface area contributed by atoms with E-state index in [2.05, 4.69) is 17.5 Å². The van der Waals surface area contributed by atoms with E-state index < -0.39 is 60.7 Å². The van der Waals surface area contributed by atoms with E-state index in [-0.39, 0.29) is 17.4 Å². The van der Waals surface area contributed by atoms with Crippen LogP contribution in [0.15, 0.2) is 115 Å². The van der Waals surface area contributed by atoms with Crippen LogP contribution in [0.4, 0.5) is 26.3 Å². The standard InChI is InChI=1S/C21H21ClO3.C20H17F3N2O3S.C20H19F3N2O3S/c22-17-7-4-15(5-8-17)18-12-16(21(20(23)24)10-1-11-21)6-9-19(18)25-13-14-2-3-14;21-20(22,23)10-28-18-9-13(15(19(26)27)7-11-1-2-11)3-5-14(18)12-4-6-16-17(8-12)25-29-24-16;1-11(2)7-15(19(26)27)13-3-5-14(18(9-13)28-10-20(21,22)23)12-4-6-16-17(8-12)25-29-24-16/h4-9,12,14H,1-3,10-11,13H2,(H,23,24);3-6,8-9,11,15H,1-2,7,10H2,(H,26,27);3-6,8-9,11,15H,7,10H2,1-2H3,(H,26,27). The molecule has 0 radical (unpaired) electrons. The molecular formula is C61H57ClF6N4O9S2. The second-order valence-electron chi connectivity index (χ2n) is 21.6. The van der Waals surface area contributed by atoms with Gasteiger partial charge in [0.05, 0.1) is 47.3 Å². The highest BCUT2D eigenvalue weighted by molar-refractivity contribution is 7.00. The van der Waals surface area contributed by atoms with Crippen molar-refractivity contribution in [2.75, 3.05) is 19.8 Å². The summed E-state index contributed by atoms with van der Waals surface area (Å²) < 4.78 is 109. The van der Waals surface area contributed by atoms with E-state index in [1.165, 1.54) is 25.0 Å². The molecule has 436 valence electrons. The van der Waals surface area contributed by atoms with Gasteiger partial charge < -0.3 is 29.5 Å². The zero-order valence-electron chi connectivity index (χ0n) is 44.9. The maximum absolute atomic E-state index is 12.8. The first-order valence-corrected chi connectivity index (χ1v) is 28.7. The van der Waals surface area contributed by atoms with Gasteiger partial charge in [0.2, 0.25) is 0 Å². The number of carboxylic acid groups (broad SMARTS) is 3. The number of nitrogens with zero attached hydrogens (tertiary/aromatic N) is 4. The Balaban J connectivity index is 0.000000150. The second-order valence-corrected chi connectivity index (χ2v) is 23.1. The lowest BCUT2D eigenvalue weighted by Gasteiger charge is -2.38. The molecule has 0 amide bonds. The fourth-order valence-corrected chi connectivity index (χ4v) is 11.0. The Morgan fingerprint density at radius 1 is 0.578 bits per heavy atom. The molecule has 3 fully saturated rings. The average molecular weight is 1200 g/mol. The summed E-state index contributed by atoms with van der Waals surface area (Å²) in [6.45, 7) is 1.59. The van der Waals surface area contributed by atoms with Crippen LogP contribution in [-0.2, 0) is 19.8 Å². The van der Waals surface area contributed by atoms with Crippen LogP contribution in [-0.4, -0.2) is 82.9 Å². The summed E-state index contributed by atoms with van der Waals surface area (Å²) in [6, 6.07) is 33.2. The Bertz CT molecular complexity index is 3440. The van der Waals surface area contributed by atoms with Gasteiger partial charge in [-0.25, -0.2) is 0 Å². The predicted molar refractivity (Wildman–Crippen MR) is 305 cm³/mol. The molecule has 0 bridgehead atoms. The van der Waals surface area contributed by atoms with Crippen LogP contribution in [0.2, 0.25) is 5.02 Å². The van der Waals surface area contributed by atoms with Crippen LogP contribution in [0.25, 0.3) is 55.4 Å². The van der Waals surface area contributed by atoms with Gasteiger partial charge in [0.25, 0.3) is 0 Å². The van der Waals surface area contributed by atoms with Crippen LogP contribution in [0.5, 0.6) is 17.2 Å². The number of benzene rings is 6. The maximum atomic E-state index is 12.8. The van der Waals surface area contributed by atoms with Gasteiger partial charge in [-0.3, -0.25) is 14.4 Å².